The number of aromatic nitrogens is 1. The number of rotatable bonds is 4. The first kappa shape index (κ1) is 18.6. The Morgan fingerprint density at radius 2 is 2.32 bits per heavy atom. The summed E-state index contributed by atoms with van der Waals surface area (Å²) in [5.41, 5.74) is 3.73. The minimum Gasteiger partial charge on any atom is -0.361 e. The minimum atomic E-state index is -0.169. The van der Waals surface area contributed by atoms with Crippen LogP contribution in [0.4, 0.5) is 5.69 Å². The summed E-state index contributed by atoms with van der Waals surface area (Å²) in [5.74, 6) is 0.806. The van der Waals surface area contributed by atoms with E-state index in [1.54, 1.807) is 11.8 Å². The van der Waals surface area contributed by atoms with E-state index in [4.69, 9.17) is 4.52 Å². The number of amides is 1. The molecule has 7 heteroatoms. The molecule has 2 aromatic rings. The van der Waals surface area contributed by atoms with Gasteiger partial charge in [-0.05, 0) is 30.2 Å². The molecule has 0 aliphatic carbocycles. The summed E-state index contributed by atoms with van der Waals surface area (Å²) in [6.45, 7) is 4.58. The molecule has 6 nitrogen and oxygen atoms in total. The van der Waals surface area contributed by atoms with Crippen LogP contribution in [0.3, 0.4) is 0 Å². The van der Waals surface area contributed by atoms with Crippen molar-refractivity contribution in [3.05, 3.63) is 64.2 Å². The zero-order valence-corrected chi connectivity index (χ0v) is 16.7. The quantitative estimate of drug-likeness (QED) is 0.797. The number of fused-ring (bicyclic) bond motifs is 1. The van der Waals surface area contributed by atoms with Crippen molar-refractivity contribution >= 4 is 29.6 Å². The Bertz CT molecular complexity index is 990. The summed E-state index contributed by atoms with van der Waals surface area (Å²) in [6.07, 6.45) is 9.07. The Morgan fingerprint density at radius 1 is 1.43 bits per heavy atom. The van der Waals surface area contributed by atoms with Gasteiger partial charge < -0.3 is 15.2 Å². The number of allylic oxidation sites excluding steroid dienone is 3. The summed E-state index contributed by atoms with van der Waals surface area (Å²) in [5, 5.41) is 11.2. The van der Waals surface area contributed by atoms with Gasteiger partial charge in [-0.15, -0.1) is 0 Å². The molecule has 3 heterocycles. The van der Waals surface area contributed by atoms with Gasteiger partial charge in [0.05, 0.1) is 17.6 Å². The lowest BCUT2D eigenvalue weighted by molar-refractivity contribution is 0.0949. The van der Waals surface area contributed by atoms with Crippen molar-refractivity contribution in [2.24, 2.45) is 10.9 Å². The van der Waals surface area contributed by atoms with E-state index in [2.05, 4.69) is 45.9 Å². The summed E-state index contributed by atoms with van der Waals surface area (Å²) in [4.78, 5) is 18.1. The van der Waals surface area contributed by atoms with E-state index in [1.807, 2.05) is 25.3 Å². The van der Waals surface area contributed by atoms with Gasteiger partial charge in [0, 0.05) is 30.0 Å². The zero-order valence-electron chi connectivity index (χ0n) is 15.9. The molecule has 28 heavy (non-hydrogen) atoms. The third-order valence-electron chi connectivity index (χ3n) is 4.81. The summed E-state index contributed by atoms with van der Waals surface area (Å²) >= 11 is 1.68. The molecule has 1 amide bonds. The first-order chi connectivity index (χ1) is 13.7. The number of anilines is 1. The number of carbonyl (C=O) groups is 1. The van der Waals surface area contributed by atoms with Gasteiger partial charge in [-0.25, -0.2) is 4.99 Å². The van der Waals surface area contributed by atoms with Gasteiger partial charge in [-0.2, -0.15) is 0 Å². The fraction of sp³-hybridized carbons (Fsp3) is 0.286. The van der Waals surface area contributed by atoms with Crippen LogP contribution in [0, 0.1) is 5.92 Å². The first-order valence-electron chi connectivity index (χ1n) is 9.38. The highest BCUT2D eigenvalue weighted by atomic mass is 32.2. The molecule has 0 fully saturated rings. The average Bonchev–Trinajstić information content (AvgIpc) is 3.18. The Labute approximate surface area is 168 Å². The van der Waals surface area contributed by atoms with E-state index in [0.29, 0.717) is 30.2 Å². The van der Waals surface area contributed by atoms with Crippen LogP contribution in [0.15, 0.2) is 61.7 Å². The number of nitrogens with one attached hydrogen (secondary N) is 2. The lowest BCUT2D eigenvalue weighted by atomic mass is 10.0. The largest absolute Gasteiger partial charge is 0.361 e. The van der Waals surface area contributed by atoms with Crippen LogP contribution in [-0.2, 0) is 13.0 Å². The number of aryl methyl sites for hydroxylation is 1. The molecular weight excluding hydrogens is 372 g/mol. The number of hydrogen-bond donors (Lipinski definition) is 2. The second-order valence-corrected chi connectivity index (χ2v) is 7.85. The number of aliphatic imine (C=N–C) groups is 1. The smallest absolute Gasteiger partial charge is 0.256 e. The van der Waals surface area contributed by atoms with E-state index >= 15 is 0 Å². The molecule has 0 bridgehead atoms. The van der Waals surface area contributed by atoms with Crippen molar-refractivity contribution in [1.82, 2.24) is 10.5 Å². The van der Waals surface area contributed by atoms with Crippen LogP contribution in [0.25, 0.3) is 0 Å². The van der Waals surface area contributed by atoms with Crippen molar-refractivity contribution in [3.63, 3.8) is 0 Å². The lowest BCUT2D eigenvalue weighted by Crippen LogP contribution is -2.23. The summed E-state index contributed by atoms with van der Waals surface area (Å²) < 4.78 is 5.10. The van der Waals surface area contributed by atoms with Crippen LogP contribution in [0.2, 0.25) is 0 Å². The van der Waals surface area contributed by atoms with Gasteiger partial charge in [0.15, 0.2) is 0 Å². The molecule has 1 atom stereocenters. The maximum absolute atomic E-state index is 12.4. The summed E-state index contributed by atoms with van der Waals surface area (Å²) in [7, 11) is 0. The van der Waals surface area contributed by atoms with Crippen LogP contribution in [0.1, 0.15) is 41.9 Å². The molecule has 2 aliphatic rings. The molecule has 0 radical (unpaired) electrons. The Kier molecular flexibility index (Phi) is 5.34. The molecule has 2 N–H and O–H groups in total. The maximum atomic E-state index is 12.4. The van der Waals surface area contributed by atoms with E-state index < -0.39 is 0 Å². The van der Waals surface area contributed by atoms with Crippen molar-refractivity contribution < 1.29 is 9.32 Å². The number of carbonyl (C=O) groups excluding carboxylic acids is 1. The second-order valence-electron chi connectivity index (χ2n) is 6.82. The van der Waals surface area contributed by atoms with E-state index in [-0.39, 0.29) is 5.91 Å². The molecule has 0 saturated heterocycles. The third-order valence-corrected chi connectivity index (χ3v) is 5.91. The number of benzene rings is 1. The van der Waals surface area contributed by atoms with Gasteiger partial charge >= 0.3 is 0 Å². The van der Waals surface area contributed by atoms with Crippen LogP contribution >= 0.6 is 11.8 Å². The average molecular weight is 395 g/mol. The zero-order chi connectivity index (χ0) is 19.5. The van der Waals surface area contributed by atoms with Gasteiger partial charge in [0.25, 0.3) is 5.91 Å². The predicted octanol–water partition coefficient (Wildman–Crippen LogP) is 4.52. The molecule has 0 saturated carbocycles. The third kappa shape index (κ3) is 3.75. The van der Waals surface area contributed by atoms with Gasteiger partial charge in [-0.3, -0.25) is 4.79 Å². The Morgan fingerprint density at radius 3 is 3.18 bits per heavy atom. The maximum Gasteiger partial charge on any atom is 0.256 e. The molecule has 0 spiro atoms. The fourth-order valence-electron chi connectivity index (χ4n) is 3.22. The highest BCUT2D eigenvalue weighted by Crippen LogP contribution is 2.43. The topological polar surface area (TPSA) is 79.5 Å². The molecule has 144 valence electrons. The number of thioether (sulfide) groups is 1. The minimum absolute atomic E-state index is 0.169. The predicted molar refractivity (Wildman–Crippen MR) is 111 cm³/mol. The standard InChI is InChI=1S/C21H22N4O2S/c1-3-17-15(12-24-27-17)20(26)23-11-14-7-8-18-16(10-14)25-19-13(2)6-4-5-9-22-21(19)28-18/h4-5,7-10,12-13,25H,3,6,11H2,1-2H3,(H,23,26)/b5-4+,22-9-. The van der Waals surface area contributed by atoms with Crippen molar-refractivity contribution in [3.8, 4) is 0 Å². The van der Waals surface area contributed by atoms with Gasteiger partial charge in [-0.1, -0.05) is 42.9 Å². The number of hydrogen-bond acceptors (Lipinski definition) is 6. The number of nitrogens with zero attached hydrogens (tertiary/aromatic N) is 2. The van der Waals surface area contributed by atoms with Crippen LogP contribution in [0.5, 0.6) is 0 Å². The van der Waals surface area contributed by atoms with Gasteiger partial charge in [0.1, 0.15) is 16.4 Å². The highest BCUT2D eigenvalue weighted by Gasteiger charge is 2.23. The molecule has 2 aliphatic heterocycles. The van der Waals surface area contributed by atoms with Gasteiger partial charge in [0.2, 0.25) is 0 Å². The molecule has 4 rings (SSSR count). The van der Waals surface area contributed by atoms with Crippen molar-refractivity contribution in [2.45, 2.75) is 38.1 Å². The van der Waals surface area contributed by atoms with E-state index in [0.717, 1.165) is 33.3 Å². The molecular formula is C21H22N4O2S. The lowest BCUT2D eigenvalue weighted by Gasteiger charge is -2.26. The SMILES string of the molecule is CCc1oncc1C(=O)NCc1ccc2c(c1)NC1=C(/N=C\C=C\CC1C)S2. The van der Waals surface area contributed by atoms with E-state index in [9.17, 15) is 4.79 Å². The molecule has 1 unspecified atom stereocenters. The second kappa shape index (κ2) is 8.06. The van der Waals surface area contributed by atoms with Crippen molar-refractivity contribution in [2.75, 3.05) is 5.32 Å². The normalized spacial score (nSPS) is 20.3. The first-order valence-corrected chi connectivity index (χ1v) is 10.2. The monoisotopic (exact) mass is 394 g/mol. The summed E-state index contributed by atoms with van der Waals surface area (Å²) in [6, 6.07) is 6.19. The Balaban J connectivity index is 1.48. The molecule has 1 aromatic carbocycles. The fourth-order valence-corrected chi connectivity index (χ4v) is 4.26. The molecule has 1 aromatic heterocycles. The van der Waals surface area contributed by atoms with Crippen molar-refractivity contribution in [1.29, 1.82) is 0 Å². The highest BCUT2D eigenvalue weighted by molar-refractivity contribution is 8.03. The van der Waals surface area contributed by atoms with E-state index in [1.165, 1.54) is 6.20 Å². The Hall–Kier alpha value is -2.80. The van der Waals surface area contributed by atoms with Crippen LogP contribution < -0.4 is 10.6 Å². The van der Waals surface area contributed by atoms with Crippen LogP contribution in [-0.4, -0.2) is 17.3 Å².